The van der Waals surface area contributed by atoms with Gasteiger partial charge in [0, 0.05) is 55.1 Å². The quantitative estimate of drug-likeness (QED) is 0.171. The molecule has 0 bridgehead atoms. The molecule has 2 aliphatic rings. The van der Waals surface area contributed by atoms with Crippen LogP contribution in [0.3, 0.4) is 0 Å². The molecule has 4 aromatic rings. The molecule has 0 aliphatic carbocycles. The topological polar surface area (TPSA) is 86.8 Å². The number of nitrogens with one attached hydrogen (secondary N) is 1. The zero-order valence-electron chi connectivity index (χ0n) is 21.5. The van der Waals surface area contributed by atoms with Gasteiger partial charge < -0.3 is 5.32 Å². The Labute approximate surface area is 247 Å². The van der Waals surface area contributed by atoms with Crippen LogP contribution in [0.5, 0.6) is 0 Å². The van der Waals surface area contributed by atoms with Crippen molar-refractivity contribution in [3.8, 4) is 0 Å². The van der Waals surface area contributed by atoms with Crippen LogP contribution in [0.25, 0.3) is 21.5 Å². The predicted octanol–water partition coefficient (Wildman–Crippen LogP) is 6.17. The Kier molecular flexibility index (Phi) is 7.29. The summed E-state index contributed by atoms with van der Waals surface area (Å²) in [4.78, 5) is 55.1. The third kappa shape index (κ3) is 4.46. The van der Waals surface area contributed by atoms with Gasteiger partial charge in [0.2, 0.25) is 0 Å². The van der Waals surface area contributed by atoms with Crippen molar-refractivity contribution < 1.29 is 19.2 Å². The van der Waals surface area contributed by atoms with Crippen LogP contribution in [-0.2, 0) is 0 Å². The first kappa shape index (κ1) is 26.8. The normalized spacial score (nSPS) is 14.7. The third-order valence-corrected chi connectivity index (χ3v) is 8.98. The van der Waals surface area contributed by atoms with E-state index < -0.39 is 0 Å². The van der Waals surface area contributed by atoms with Crippen molar-refractivity contribution in [3.05, 3.63) is 91.9 Å². The van der Waals surface area contributed by atoms with E-state index in [1.54, 1.807) is 24.3 Å². The molecule has 0 atom stereocenters. The molecule has 7 nitrogen and oxygen atoms in total. The average Bonchev–Trinajstić information content (AvgIpc) is 2.96. The first-order chi connectivity index (χ1) is 19.4. The molecule has 9 heteroatoms. The summed E-state index contributed by atoms with van der Waals surface area (Å²) < 4.78 is 1.72. The second-order valence-electron chi connectivity index (χ2n) is 9.98. The van der Waals surface area contributed by atoms with E-state index in [1.807, 2.05) is 36.4 Å². The molecule has 0 saturated heterocycles. The Bertz CT molecular complexity index is 1560. The SMILES string of the molecule is O=C1c2cccc3c(Br)ccc(c23)C(=O)N1CCCCNCCCN1C(=O)c2cccc3c(Br)ccc(c23)C1=O. The predicted molar refractivity (Wildman–Crippen MR) is 161 cm³/mol. The summed E-state index contributed by atoms with van der Waals surface area (Å²) in [5.41, 5.74) is 2.21. The van der Waals surface area contributed by atoms with E-state index in [0.29, 0.717) is 72.0 Å². The van der Waals surface area contributed by atoms with Crippen LogP contribution in [0.1, 0.15) is 60.7 Å². The number of benzene rings is 4. The molecule has 202 valence electrons. The van der Waals surface area contributed by atoms with Gasteiger partial charge in [-0.15, -0.1) is 0 Å². The zero-order valence-corrected chi connectivity index (χ0v) is 24.7. The summed E-state index contributed by atoms with van der Waals surface area (Å²) in [6, 6.07) is 18.3. The number of imide groups is 2. The lowest BCUT2D eigenvalue weighted by atomic mass is 9.94. The maximum absolute atomic E-state index is 13.1. The van der Waals surface area contributed by atoms with E-state index in [0.717, 1.165) is 26.1 Å². The Morgan fingerprint density at radius 2 is 0.950 bits per heavy atom. The van der Waals surface area contributed by atoms with E-state index in [2.05, 4.69) is 37.2 Å². The van der Waals surface area contributed by atoms with Crippen LogP contribution in [0.2, 0.25) is 0 Å². The van der Waals surface area contributed by atoms with Gasteiger partial charge in [-0.1, -0.05) is 56.1 Å². The minimum Gasteiger partial charge on any atom is -0.317 e. The van der Waals surface area contributed by atoms with E-state index in [9.17, 15) is 19.2 Å². The number of rotatable bonds is 9. The number of halogens is 2. The molecule has 6 rings (SSSR count). The fourth-order valence-corrected chi connectivity index (χ4v) is 6.56. The van der Waals surface area contributed by atoms with Crippen LogP contribution < -0.4 is 5.32 Å². The lowest BCUT2D eigenvalue weighted by molar-refractivity contribution is 0.0591. The van der Waals surface area contributed by atoms with Crippen molar-refractivity contribution in [2.75, 3.05) is 26.2 Å². The molecule has 0 aromatic heterocycles. The number of hydrogen-bond donors (Lipinski definition) is 1. The van der Waals surface area contributed by atoms with Gasteiger partial charge in [-0.25, -0.2) is 0 Å². The molecule has 2 heterocycles. The molecule has 4 aromatic carbocycles. The molecule has 0 unspecified atom stereocenters. The first-order valence-corrected chi connectivity index (χ1v) is 14.8. The summed E-state index contributed by atoms with van der Waals surface area (Å²) >= 11 is 7.02. The highest BCUT2D eigenvalue weighted by Crippen LogP contribution is 2.35. The fraction of sp³-hybridized carbons (Fsp3) is 0.226. The number of hydrogen-bond acceptors (Lipinski definition) is 5. The van der Waals surface area contributed by atoms with Crippen molar-refractivity contribution in [1.82, 2.24) is 15.1 Å². The van der Waals surface area contributed by atoms with E-state index >= 15 is 0 Å². The molecule has 0 radical (unpaired) electrons. The van der Waals surface area contributed by atoms with Gasteiger partial charge in [-0.05, 0) is 79.5 Å². The Morgan fingerprint density at radius 3 is 1.45 bits per heavy atom. The van der Waals surface area contributed by atoms with Gasteiger partial charge in [-0.2, -0.15) is 0 Å². The molecular weight excluding hydrogens is 638 g/mol. The summed E-state index contributed by atoms with van der Waals surface area (Å²) in [5.74, 6) is -1.03. The lowest BCUT2D eigenvalue weighted by Crippen LogP contribution is -2.41. The van der Waals surface area contributed by atoms with Crippen molar-refractivity contribution >= 4 is 77.0 Å². The van der Waals surface area contributed by atoms with Crippen LogP contribution in [0, 0.1) is 0 Å². The molecule has 1 N–H and O–H groups in total. The molecule has 0 saturated carbocycles. The van der Waals surface area contributed by atoms with Crippen LogP contribution in [0.4, 0.5) is 0 Å². The second-order valence-corrected chi connectivity index (χ2v) is 11.7. The van der Waals surface area contributed by atoms with E-state index in [-0.39, 0.29) is 23.6 Å². The number of carbonyl (C=O) groups excluding carboxylic acids is 4. The smallest absolute Gasteiger partial charge is 0.261 e. The minimum absolute atomic E-state index is 0.255. The largest absolute Gasteiger partial charge is 0.317 e. The summed E-state index contributed by atoms with van der Waals surface area (Å²) in [7, 11) is 0. The van der Waals surface area contributed by atoms with Gasteiger partial charge in [0.15, 0.2) is 0 Å². The van der Waals surface area contributed by atoms with Crippen molar-refractivity contribution in [2.24, 2.45) is 0 Å². The average molecular weight is 663 g/mol. The van der Waals surface area contributed by atoms with Crippen molar-refractivity contribution in [2.45, 2.75) is 19.3 Å². The first-order valence-electron chi connectivity index (χ1n) is 13.2. The van der Waals surface area contributed by atoms with Crippen LogP contribution in [-0.4, -0.2) is 59.6 Å². The van der Waals surface area contributed by atoms with Gasteiger partial charge >= 0.3 is 0 Å². The van der Waals surface area contributed by atoms with Gasteiger partial charge in [0.05, 0.1) is 0 Å². The van der Waals surface area contributed by atoms with Crippen LogP contribution >= 0.6 is 31.9 Å². The van der Waals surface area contributed by atoms with Gasteiger partial charge in [0.1, 0.15) is 0 Å². The Morgan fingerprint density at radius 1 is 0.525 bits per heavy atom. The summed E-state index contributed by atoms with van der Waals surface area (Å²) in [6.07, 6.45) is 2.07. The number of unbranched alkanes of at least 4 members (excludes halogenated alkanes) is 1. The zero-order chi connectivity index (χ0) is 28.0. The third-order valence-electron chi connectivity index (χ3n) is 7.60. The monoisotopic (exact) mass is 661 g/mol. The maximum atomic E-state index is 13.1. The highest BCUT2D eigenvalue weighted by Gasteiger charge is 2.34. The van der Waals surface area contributed by atoms with E-state index in [1.165, 1.54) is 9.80 Å². The van der Waals surface area contributed by atoms with E-state index in [4.69, 9.17) is 0 Å². The molecule has 40 heavy (non-hydrogen) atoms. The van der Waals surface area contributed by atoms with Crippen molar-refractivity contribution in [1.29, 1.82) is 0 Å². The highest BCUT2D eigenvalue weighted by atomic mass is 79.9. The molecule has 4 amide bonds. The summed E-state index contributed by atoms with van der Waals surface area (Å²) in [5, 5.41) is 6.49. The minimum atomic E-state index is -0.262. The Balaban J connectivity index is 0.985. The molecular formula is C31H25Br2N3O4. The maximum Gasteiger partial charge on any atom is 0.261 e. The Hall–Kier alpha value is -3.40. The number of carbonyl (C=O) groups is 4. The van der Waals surface area contributed by atoms with Gasteiger partial charge in [-0.3, -0.25) is 29.0 Å². The van der Waals surface area contributed by atoms with Crippen molar-refractivity contribution in [3.63, 3.8) is 0 Å². The van der Waals surface area contributed by atoms with Crippen LogP contribution in [0.15, 0.2) is 69.6 Å². The number of amides is 4. The molecule has 2 aliphatic heterocycles. The summed E-state index contributed by atoms with van der Waals surface area (Å²) in [6.45, 7) is 2.02. The second kappa shape index (κ2) is 10.9. The standard InChI is InChI=1S/C31H25Br2N3O4/c32-24-12-10-22-26-18(24)6-3-8-20(26)28(37)35(30(22)39)16-2-1-14-34-15-5-17-36-29(38)21-9-4-7-19-25(33)13-11-23(27(19)21)31(36)40/h3-4,6-13,34H,1-2,5,14-17H2. The fourth-order valence-electron chi connectivity index (χ4n) is 5.63. The molecule has 0 fully saturated rings. The number of nitrogens with zero attached hydrogens (tertiary/aromatic N) is 2. The highest BCUT2D eigenvalue weighted by molar-refractivity contribution is 9.11. The molecule has 0 spiro atoms. The lowest BCUT2D eigenvalue weighted by Gasteiger charge is -2.27. The van der Waals surface area contributed by atoms with Gasteiger partial charge in [0.25, 0.3) is 23.6 Å².